The number of carbonyl (C=O) groups excluding carboxylic acids is 4. The first-order chi connectivity index (χ1) is 18.8. The summed E-state index contributed by atoms with van der Waals surface area (Å²) in [6.07, 6.45) is 2.89. The topological polar surface area (TPSA) is 161 Å². The Labute approximate surface area is 224 Å². The van der Waals surface area contributed by atoms with Gasteiger partial charge < -0.3 is 0 Å². The number of hydrogen-bond acceptors (Lipinski definition) is 10. The van der Waals surface area contributed by atoms with Gasteiger partial charge in [-0.3, -0.25) is 19.2 Å². The molecule has 2 aliphatic heterocycles. The quantitative estimate of drug-likeness (QED) is 0.347. The molecule has 4 unspecified atom stereocenters. The van der Waals surface area contributed by atoms with Gasteiger partial charge in [-0.2, -0.15) is 16.8 Å². The highest BCUT2D eigenvalue weighted by Crippen LogP contribution is 2.58. The Balaban J connectivity index is 1.27. The number of hydrogen-bond donors (Lipinski definition) is 0. The molecule has 7 rings (SSSR count). The average Bonchev–Trinajstić information content (AvgIpc) is 3.32. The second kappa shape index (κ2) is 8.82. The van der Waals surface area contributed by atoms with Crippen LogP contribution in [-0.4, -0.2) is 50.6 Å². The van der Waals surface area contributed by atoms with Crippen molar-refractivity contribution >= 4 is 43.9 Å². The van der Waals surface area contributed by atoms with E-state index in [0.29, 0.717) is 0 Å². The Hall–Kier alpha value is -3.86. The van der Waals surface area contributed by atoms with E-state index >= 15 is 0 Å². The lowest BCUT2D eigenvalue weighted by Crippen LogP contribution is -2.50. The fraction of sp³-hybridized carbons (Fsp3) is 0.250. The van der Waals surface area contributed by atoms with Crippen LogP contribution in [0.3, 0.4) is 0 Å². The number of hydroxylamine groups is 4. The molecule has 3 aliphatic carbocycles. The van der Waals surface area contributed by atoms with Crippen molar-refractivity contribution in [1.82, 2.24) is 10.1 Å². The minimum Gasteiger partial charge on any atom is -0.272 e. The van der Waals surface area contributed by atoms with Crippen LogP contribution in [0.15, 0.2) is 70.5 Å². The van der Waals surface area contributed by atoms with E-state index in [1.165, 1.54) is 12.2 Å². The fourth-order valence-electron chi connectivity index (χ4n) is 5.80. The Morgan fingerprint density at radius 1 is 0.525 bits per heavy atom. The van der Waals surface area contributed by atoms with Gasteiger partial charge in [-0.1, -0.05) is 12.2 Å². The molecule has 3 fully saturated rings. The molecule has 4 atom stereocenters. The highest BCUT2D eigenvalue weighted by molar-refractivity contribution is 7.87. The van der Waals surface area contributed by atoms with Crippen molar-refractivity contribution in [2.24, 2.45) is 35.5 Å². The molecule has 0 N–H and O–H groups in total. The molecule has 40 heavy (non-hydrogen) atoms. The molecule has 5 aliphatic rings. The average molecular weight is 595 g/mol. The van der Waals surface area contributed by atoms with Gasteiger partial charge >= 0.3 is 20.2 Å². The molecule has 16 heteroatoms. The van der Waals surface area contributed by atoms with Crippen LogP contribution in [0.2, 0.25) is 0 Å². The van der Waals surface area contributed by atoms with Gasteiger partial charge in [0.15, 0.2) is 0 Å². The number of benzene rings is 2. The normalized spacial score (nSPS) is 29.4. The maximum Gasteiger partial charge on any atom is 0.318 e. The standard InChI is InChI=1S/C24H16F2N2O10S2/c25-11-1-5-13(6-2-11)39(33,34)37-27-21(29)17-15-9-10-16(18(17)22(27)30)20-19(15)23(31)28(24(20)32)38-40(35,36)14-7-3-12(26)4-8-14/h1-10,15-20H. The molecule has 0 spiro atoms. The van der Waals surface area contributed by atoms with Gasteiger partial charge in [-0.15, -0.1) is 18.7 Å². The van der Waals surface area contributed by atoms with Crippen molar-refractivity contribution in [3.63, 3.8) is 0 Å². The molecule has 1 saturated carbocycles. The maximum absolute atomic E-state index is 13.3. The van der Waals surface area contributed by atoms with E-state index in [0.717, 1.165) is 48.5 Å². The molecule has 12 nitrogen and oxygen atoms in total. The number of amides is 4. The number of carbonyl (C=O) groups is 4. The van der Waals surface area contributed by atoms with Crippen LogP contribution in [0.1, 0.15) is 0 Å². The molecule has 2 aromatic rings. The molecule has 0 aromatic heterocycles. The molecule has 2 aromatic carbocycles. The zero-order valence-corrected chi connectivity index (χ0v) is 21.4. The van der Waals surface area contributed by atoms with Crippen LogP contribution in [-0.2, 0) is 48.0 Å². The first-order valence-corrected chi connectivity index (χ1v) is 14.5. The molecular formula is C24H16F2N2O10S2. The Bertz CT molecular complexity index is 1550. The van der Waals surface area contributed by atoms with Gasteiger partial charge in [-0.05, 0) is 48.5 Å². The van der Waals surface area contributed by atoms with Crippen LogP contribution in [0.5, 0.6) is 0 Å². The first-order valence-electron chi connectivity index (χ1n) is 11.7. The second-order valence-corrected chi connectivity index (χ2v) is 12.6. The summed E-state index contributed by atoms with van der Waals surface area (Å²) in [4.78, 5) is 52.0. The van der Waals surface area contributed by atoms with Crippen molar-refractivity contribution in [3.05, 3.63) is 72.3 Å². The van der Waals surface area contributed by atoms with E-state index in [1.807, 2.05) is 0 Å². The zero-order chi connectivity index (χ0) is 28.7. The smallest absolute Gasteiger partial charge is 0.272 e. The van der Waals surface area contributed by atoms with Gasteiger partial charge in [0.05, 0.1) is 33.5 Å². The third-order valence-electron chi connectivity index (χ3n) is 7.48. The highest BCUT2D eigenvalue weighted by atomic mass is 32.2. The summed E-state index contributed by atoms with van der Waals surface area (Å²) in [5.41, 5.74) is 0. The predicted octanol–water partition coefficient (Wildman–Crippen LogP) is 0.924. The van der Waals surface area contributed by atoms with Gasteiger partial charge in [0, 0.05) is 11.8 Å². The molecule has 208 valence electrons. The predicted molar refractivity (Wildman–Crippen MR) is 123 cm³/mol. The highest BCUT2D eigenvalue weighted by Gasteiger charge is 2.70. The number of imide groups is 2. The summed E-state index contributed by atoms with van der Waals surface area (Å²) in [6, 6.07) is 6.89. The van der Waals surface area contributed by atoms with Gasteiger partial charge in [0.2, 0.25) is 0 Å². The van der Waals surface area contributed by atoms with E-state index in [2.05, 4.69) is 0 Å². The monoisotopic (exact) mass is 594 g/mol. The lowest BCUT2D eigenvalue weighted by molar-refractivity contribution is -0.166. The van der Waals surface area contributed by atoms with E-state index in [4.69, 9.17) is 8.57 Å². The van der Waals surface area contributed by atoms with Gasteiger partial charge in [0.25, 0.3) is 23.6 Å². The molecule has 2 heterocycles. The zero-order valence-electron chi connectivity index (χ0n) is 19.8. The van der Waals surface area contributed by atoms with E-state index in [9.17, 15) is 44.8 Å². The lowest BCUT2D eigenvalue weighted by Gasteiger charge is -2.44. The van der Waals surface area contributed by atoms with E-state index in [1.54, 1.807) is 0 Å². The van der Waals surface area contributed by atoms with E-state index < -0.39 is 101 Å². The molecule has 2 saturated heterocycles. The lowest BCUT2D eigenvalue weighted by atomic mass is 9.54. The number of halogens is 2. The van der Waals surface area contributed by atoms with Gasteiger partial charge in [0.1, 0.15) is 11.6 Å². The van der Waals surface area contributed by atoms with Crippen LogP contribution < -0.4 is 0 Å². The fourth-order valence-corrected chi connectivity index (χ4v) is 7.60. The minimum absolute atomic E-state index is 0.0737. The third-order valence-corrected chi connectivity index (χ3v) is 9.87. The van der Waals surface area contributed by atoms with Crippen molar-refractivity contribution in [1.29, 1.82) is 0 Å². The second-order valence-electron chi connectivity index (χ2n) is 9.55. The SMILES string of the molecule is O=C1C2C3C=CC(C2C(=O)N1OS(=O)(=O)c1ccc(F)cc1)C1C(=O)N(OS(=O)(=O)c2ccc(F)cc2)C(=O)C31. The summed E-state index contributed by atoms with van der Waals surface area (Å²) in [5.74, 6) is -13.0. The Kier molecular flexibility index (Phi) is 5.81. The minimum atomic E-state index is -4.74. The molecule has 4 amide bonds. The number of nitrogens with zero attached hydrogens (tertiary/aromatic N) is 2. The van der Waals surface area contributed by atoms with Crippen molar-refractivity contribution in [2.45, 2.75) is 9.79 Å². The molecule has 0 radical (unpaired) electrons. The van der Waals surface area contributed by atoms with Crippen LogP contribution >= 0.6 is 0 Å². The Morgan fingerprint density at radius 3 is 1.07 bits per heavy atom. The Morgan fingerprint density at radius 2 is 0.800 bits per heavy atom. The summed E-state index contributed by atoms with van der Waals surface area (Å²) in [5, 5.41) is 0.147. The van der Waals surface area contributed by atoms with Crippen LogP contribution in [0, 0.1) is 47.1 Å². The van der Waals surface area contributed by atoms with Crippen LogP contribution in [0.25, 0.3) is 0 Å². The summed E-state index contributed by atoms with van der Waals surface area (Å²) >= 11 is 0. The largest absolute Gasteiger partial charge is 0.318 e. The van der Waals surface area contributed by atoms with Crippen LogP contribution in [0.4, 0.5) is 8.78 Å². The summed E-state index contributed by atoms with van der Waals surface area (Å²) in [7, 11) is -9.47. The van der Waals surface area contributed by atoms with Crippen molar-refractivity contribution in [2.75, 3.05) is 0 Å². The number of allylic oxidation sites excluding steroid dienone is 2. The van der Waals surface area contributed by atoms with E-state index in [-0.39, 0.29) is 10.1 Å². The molecule has 2 bridgehead atoms. The number of rotatable bonds is 6. The maximum atomic E-state index is 13.3. The first kappa shape index (κ1) is 26.4. The van der Waals surface area contributed by atoms with Crippen molar-refractivity contribution in [3.8, 4) is 0 Å². The molecular weight excluding hydrogens is 578 g/mol. The summed E-state index contributed by atoms with van der Waals surface area (Å²) < 4.78 is 86.8. The van der Waals surface area contributed by atoms with Crippen molar-refractivity contribution < 1.29 is 53.4 Å². The third kappa shape index (κ3) is 3.81. The van der Waals surface area contributed by atoms with Gasteiger partial charge in [-0.25, -0.2) is 8.78 Å². The summed E-state index contributed by atoms with van der Waals surface area (Å²) in [6.45, 7) is 0.